The topological polar surface area (TPSA) is 93.2 Å². The summed E-state index contributed by atoms with van der Waals surface area (Å²) in [5, 5.41) is 6.10. The third kappa shape index (κ3) is 4.56. The molecule has 3 rings (SSSR count). The summed E-state index contributed by atoms with van der Waals surface area (Å²) in [5.74, 6) is -0.0850. The predicted octanol–water partition coefficient (Wildman–Crippen LogP) is 3.26. The lowest BCUT2D eigenvalue weighted by atomic mass is 9.96. The van der Waals surface area contributed by atoms with Gasteiger partial charge in [-0.15, -0.1) is 0 Å². The molecule has 1 amide bonds. The van der Waals surface area contributed by atoms with Crippen LogP contribution < -0.4 is 10.6 Å². The third-order valence-corrected chi connectivity index (χ3v) is 4.41. The Labute approximate surface area is 152 Å². The number of hydrogen-bond acceptors (Lipinski definition) is 6. The minimum atomic E-state index is -0.421. The highest BCUT2D eigenvalue weighted by molar-refractivity contribution is 6.03. The first-order chi connectivity index (χ1) is 12.7. The van der Waals surface area contributed by atoms with Crippen molar-refractivity contribution in [1.82, 2.24) is 9.97 Å². The zero-order valence-corrected chi connectivity index (χ0v) is 14.7. The first-order valence-corrected chi connectivity index (χ1v) is 8.74. The second-order valence-electron chi connectivity index (χ2n) is 6.29. The highest BCUT2D eigenvalue weighted by Crippen LogP contribution is 2.20. The number of carbonyl (C=O) groups excluding carboxylic acids is 2. The molecule has 7 heteroatoms. The Morgan fingerprint density at radius 1 is 1.04 bits per heavy atom. The van der Waals surface area contributed by atoms with Gasteiger partial charge in [0.1, 0.15) is 11.5 Å². The molecule has 0 spiro atoms. The van der Waals surface area contributed by atoms with Gasteiger partial charge in [0.25, 0.3) is 5.91 Å². The Hall–Kier alpha value is -2.96. The fourth-order valence-corrected chi connectivity index (χ4v) is 2.98. The van der Waals surface area contributed by atoms with Crippen LogP contribution in [-0.4, -0.2) is 35.0 Å². The molecule has 2 aromatic rings. The maximum atomic E-state index is 12.3. The van der Waals surface area contributed by atoms with Crippen LogP contribution in [0.1, 0.15) is 53.0 Å². The summed E-state index contributed by atoms with van der Waals surface area (Å²) in [6.45, 7) is 0. The molecule has 0 saturated heterocycles. The zero-order chi connectivity index (χ0) is 18.4. The van der Waals surface area contributed by atoms with Gasteiger partial charge in [-0.1, -0.05) is 19.3 Å². The minimum Gasteiger partial charge on any atom is -0.465 e. The number of anilines is 2. The van der Waals surface area contributed by atoms with E-state index in [9.17, 15) is 9.59 Å². The number of hydrogen-bond donors (Lipinski definition) is 2. The quantitative estimate of drug-likeness (QED) is 0.801. The number of nitrogens with zero attached hydrogens (tertiary/aromatic N) is 2. The van der Waals surface area contributed by atoms with Crippen LogP contribution in [0.4, 0.5) is 11.5 Å². The van der Waals surface area contributed by atoms with Crippen LogP contribution in [0.2, 0.25) is 0 Å². The van der Waals surface area contributed by atoms with Crippen LogP contribution >= 0.6 is 0 Å². The number of esters is 1. The van der Waals surface area contributed by atoms with Gasteiger partial charge in [-0.2, -0.15) is 0 Å². The molecule has 26 heavy (non-hydrogen) atoms. The van der Waals surface area contributed by atoms with Gasteiger partial charge < -0.3 is 15.4 Å². The van der Waals surface area contributed by atoms with E-state index in [1.54, 1.807) is 30.5 Å². The lowest BCUT2D eigenvalue weighted by Crippen LogP contribution is -2.23. The van der Waals surface area contributed by atoms with E-state index in [1.807, 2.05) is 0 Å². The molecule has 0 unspecified atom stereocenters. The second-order valence-corrected chi connectivity index (χ2v) is 6.29. The molecular formula is C19H22N4O3. The Bertz CT molecular complexity index is 753. The Morgan fingerprint density at radius 3 is 2.38 bits per heavy atom. The molecule has 2 N–H and O–H groups in total. The number of carbonyl (C=O) groups is 2. The normalized spacial score (nSPS) is 14.5. The third-order valence-electron chi connectivity index (χ3n) is 4.41. The number of nitrogens with one attached hydrogen (secondary N) is 2. The number of aromatic nitrogens is 2. The second kappa shape index (κ2) is 8.42. The van der Waals surface area contributed by atoms with Gasteiger partial charge in [-0.05, 0) is 37.1 Å². The maximum Gasteiger partial charge on any atom is 0.337 e. The first-order valence-electron chi connectivity index (χ1n) is 8.74. The fraction of sp³-hybridized carbons (Fsp3) is 0.368. The van der Waals surface area contributed by atoms with Crippen LogP contribution in [0.3, 0.4) is 0 Å². The summed E-state index contributed by atoms with van der Waals surface area (Å²) in [7, 11) is 1.32. The van der Waals surface area contributed by atoms with E-state index in [0.29, 0.717) is 23.1 Å². The Balaban J connectivity index is 1.58. The van der Waals surface area contributed by atoms with Crippen LogP contribution in [0.25, 0.3) is 0 Å². The van der Waals surface area contributed by atoms with Crippen LogP contribution in [-0.2, 0) is 4.74 Å². The molecule has 1 aromatic heterocycles. The smallest absolute Gasteiger partial charge is 0.337 e. The molecule has 1 saturated carbocycles. The van der Waals surface area contributed by atoms with Crippen molar-refractivity contribution in [3.63, 3.8) is 0 Å². The van der Waals surface area contributed by atoms with Crippen molar-refractivity contribution in [2.24, 2.45) is 0 Å². The summed E-state index contributed by atoms with van der Waals surface area (Å²) < 4.78 is 4.64. The molecule has 1 fully saturated rings. The monoisotopic (exact) mass is 354 g/mol. The molecule has 0 radical (unpaired) electrons. The molecule has 1 aromatic carbocycles. The largest absolute Gasteiger partial charge is 0.465 e. The van der Waals surface area contributed by atoms with Gasteiger partial charge in [0.2, 0.25) is 0 Å². The number of amides is 1. The van der Waals surface area contributed by atoms with Crippen molar-refractivity contribution in [2.45, 2.75) is 38.1 Å². The lowest BCUT2D eigenvalue weighted by Gasteiger charge is -2.23. The van der Waals surface area contributed by atoms with E-state index in [0.717, 1.165) is 12.8 Å². The number of ether oxygens (including phenoxy) is 1. The number of rotatable bonds is 5. The van der Waals surface area contributed by atoms with Crippen molar-refractivity contribution in [3.05, 3.63) is 47.9 Å². The van der Waals surface area contributed by atoms with Crippen molar-refractivity contribution >= 4 is 23.4 Å². The summed E-state index contributed by atoms with van der Waals surface area (Å²) in [6, 6.07) is 6.88. The predicted molar refractivity (Wildman–Crippen MR) is 98.3 cm³/mol. The van der Waals surface area contributed by atoms with E-state index in [-0.39, 0.29) is 11.6 Å². The van der Waals surface area contributed by atoms with Crippen LogP contribution in [0, 0.1) is 0 Å². The van der Waals surface area contributed by atoms with Gasteiger partial charge in [0.05, 0.1) is 25.1 Å². The Kier molecular flexibility index (Phi) is 5.78. The van der Waals surface area contributed by atoms with Crippen molar-refractivity contribution in [3.8, 4) is 0 Å². The van der Waals surface area contributed by atoms with E-state index in [1.165, 1.54) is 32.6 Å². The lowest BCUT2D eigenvalue weighted by molar-refractivity contribution is 0.0600. The summed E-state index contributed by atoms with van der Waals surface area (Å²) in [6.07, 6.45) is 9.11. The molecule has 0 bridgehead atoms. The maximum absolute atomic E-state index is 12.3. The molecule has 0 atom stereocenters. The molecule has 1 aliphatic carbocycles. The molecule has 1 aliphatic rings. The Morgan fingerprint density at radius 2 is 1.77 bits per heavy atom. The van der Waals surface area contributed by atoms with Gasteiger partial charge >= 0.3 is 5.97 Å². The molecule has 1 heterocycles. The highest BCUT2D eigenvalue weighted by Gasteiger charge is 2.14. The molecule has 136 valence electrons. The van der Waals surface area contributed by atoms with E-state index >= 15 is 0 Å². The van der Waals surface area contributed by atoms with Gasteiger partial charge in [-0.3, -0.25) is 4.79 Å². The molecular weight excluding hydrogens is 332 g/mol. The number of benzene rings is 1. The van der Waals surface area contributed by atoms with Crippen molar-refractivity contribution < 1.29 is 14.3 Å². The van der Waals surface area contributed by atoms with Gasteiger partial charge in [0.15, 0.2) is 0 Å². The molecule has 0 aliphatic heterocycles. The van der Waals surface area contributed by atoms with E-state index in [4.69, 9.17) is 0 Å². The molecule has 7 nitrogen and oxygen atoms in total. The van der Waals surface area contributed by atoms with Crippen LogP contribution in [0.5, 0.6) is 0 Å². The standard InChI is InChI=1S/C19H22N4O3/c1-26-19(25)13-7-9-15(10-8-13)23-18(24)16-11-21-17(12-20-16)22-14-5-3-2-4-6-14/h7-12,14H,2-6H2,1H3,(H,21,22)(H,23,24). The van der Waals surface area contributed by atoms with E-state index < -0.39 is 5.97 Å². The SMILES string of the molecule is COC(=O)c1ccc(NC(=O)c2cnc(NC3CCCCC3)cn2)cc1. The minimum absolute atomic E-state index is 0.233. The summed E-state index contributed by atoms with van der Waals surface area (Å²) in [5.41, 5.74) is 1.22. The zero-order valence-electron chi connectivity index (χ0n) is 14.7. The first kappa shape index (κ1) is 17.8. The van der Waals surface area contributed by atoms with Crippen LogP contribution in [0.15, 0.2) is 36.7 Å². The average Bonchev–Trinajstić information content (AvgIpc) is 2.69. The summed E-state index contributed by atoms with van der Waals surface area (Å²) >= 11 is 0. The van der Waals surface area contributed by atoms with Crippen molar-refractivity contribution in [1.29, 1.82) is 0 Å². The summed E-state index contributed by atoms with van der Waals surface area (Å²) in [4.78, 5) is 32.2. The van der Waals surface area contributed by atoms with Gasteiger partial charge in [-0.25, -0.2) is 14.8 Å². The van der Waals surface area contributed by atoms with Crippen molar-refractivity contribution in [2.75, 3.05) is 17.7 Å². The van der Waals surface area contributed by atoms with E-state index in [2.05, 4.69) is 25.3 Å². The van der Waals surface area contributed by atoms with Gasteiger partial charge in [0, 0.05) is 11.7 Å². The fourth-order valence-electron chi connectivity index (χ4n) is 2.98. The number of methoxy groups -OCH3 is 1. The highest BCUT2D eigenvalue weighted by atomic mass is 16.5. The average molecular weight is 354 g/mol.